The molecule has 0 amide bonds. The van der Waals surface area contributed by atoms with Crippen LogP contribution in [0, 0.1) is 23.2 Å². The van der Waals surface area contributed by atoms with Crippen LogP contribution in [0.5, 0.6) is 0 Å². The largest absolute Gasteiger partial charge is 0.380 e. The third-order valence-corrected chi connectivity index (χ3v) is 3.94. The normalized spacial score (nSPS) is 11.5. The van der Waals surface area contributed by atoms with Crippen molar-refractivity contribution in [1.82, 2.24) is 0 Å². The number of unbranched alkanes of at least 4 members (excludes halogenated alkanes) is 12. The van der Waals surface area contributed by atoms with Crippen LogP contribution in [0.1, 0.15) is 103 Å². The van der Waals surface area contributed by atoms with Crippen LogP contribution in [-0.2, 0) is 0 Å². The quantitative estimate of drug-likeness (QED) is 0.328. The molecule has 0 aromatic heterocycles. The number of aliphatic hydroxyl groups excluding tert-OH is 1. The van der Waals surface area contributed by atoms with Crippen molar-refractivity contribution in [3.8, 4) is 17.9 Å². The van der Waals surface area contributed by atoms with Gasteiger partial charge in [0.25, 0.3) is 0 Å². The average molecular weight is 306 g/mol. The van der Waals surface area contributed by atoms with Crippen LogP contribution in [0.15, 0.2) is 0 Å². The topological polar surface area (TPSA) is 44.0 Å². The van der Waals surface area contributed by atoms with Crippen molar-refractivity contribution in [2.24, 2.45) is 0 Å². The standard InChI is InChI=1S/C20H35NO/c1-2-3-17-20(22)18-15-13-11-9-7-5-4-6-8-10-12-14-16-19-21/h20,22H,2-14,16-17H2,1H3/t20-/m1/s1. The van der Waals surface area contributed by atoms with E-state index in [1.54, 1.807) is 0 Å². The molecule has 0 aromatic carbocycles. The number of hydrogen-bond acceptors (Lipinski definition) is 2. The van der Waals surface area contributed by atoms with Crippen molar-refractivity contribution in [3.05, 3.63) is 0 Å². The Bertz CT molecular complexity index is 321. The van der Waals surface area contributed by atoms with E-state index in [1.807, 2.05) is 0 Å². The van der Waals surface area contributed by atoms with Gasteiger partial charge in [-0.15, -0.1) is 5.92 Å². The molecule has 0 aliphatic heterocycles. The molecule has 0 aromatic rings. The Hall–Kier alpha value is -0.990. The molecule has 2 heteroatoms. The van der Waals surface area contributed by atoms with E-state index in [4.69, 9.17) is 5.26 Å². The van der Waals surface area contributed by atoms with E-state index in [2.05, 4.69) is 24.8 Å². The van der Waals surface area contributed by atoms with Gasteiger partial charge in [-0.05, 0) is 19.3 Å². The first-order valence-corrected chi connectivity index (χ1v) is 9.34. The van der Waals surface area contributed by atoms with E-state index < -0.39 is 6.10 Å². The van der Waals surface area contributed by atoms with Gasteiger partial charge in [-0.1, -0.05) is 77.1 Å². The molecule has 0 saturated carbocycles. The molecule has 0 radical (unpaired) electrons. The van der Waals surface area contributed by atoms with Gasteiger partial charge in [0.05, 0.1) is 6.07 Å². The zero-order valence-corrected chi connectivity index (χ0v) is 14.6. The van der Waals surface area contributed by atoms with E-state index >= 15 is 0 Å². The van der Waals surface area contributed by atoms with E-state index in [1.165, 1.54) is 57.8 Å². The van der Waals surface area contributed by atoms with Gasteiger partial charge >= 0.3 is 0 Å². The lowest BCUT2D eigenvalue weighted by atomic mass is 10.1. The van der Waals surface area contributed by atoms with Crippen LogP contribution < -0.4 is 0 Å². The molecule has 1 atom stereocenters. The number of rotatable bonds is 14. The van der Waals surface area contributed by atoms with Gasteiger partial charge in [0.2, 0.25) is 0 Å². The smallest absolute Gasteiger partial charge is 0.114 e. The first kappa shape index (κ1) is 21.0. The summed E-state index contributed by atoms with van der Waals surface area (Å²) in [5.74, 6) is 6.05. The zero-order chi connectivity index (χ0) is 16.3. The highest BCUT2D eigenvalue weighted by Crippen LogP contribution is 2.11. The summed E-state index contributed by atoms with van der Waals surface area (Å²) in [5, 5.41) is 18.0. The summed E-state index contributed by atoms with van der Waals surface area (Å²) in [6.07, 6.45) is 16.9. The maximum atomic E-state index is 9.58. The molecule has 0 spiro atoms. The molecule has 0 heterocycles. The lowest BCUT2D eigenvalue weighted by molar-refractivity contribution is 0.218. The van der Waals surface area contributed by atoms with Crippen LogP contribution in [0.2, 0.25) is 0 Å². The van der Waals surface area contributed by atoms with Crippen LogP contribution in [-0.4, -0.2) is 11.2 Å². The Balaban J connectivity index is 3.17. The van der Waals surface area contributed by atoms with Crippen molar-refractivity contribution in [1.29, 1.82) is 5.26 Å². The maximum Gasteiger partial charge on any atom is 0.114 e. The van der Waals surface area contributed by atoms with Crippen LogP contribution >= 0.6 is 0 Å². The number of hydrogen-bond donors (Lipinski definition) is 1. The van der Waals surface area contributed by atoms with Crippen LogP contribution in [0.3, 0.4) is 0 Å². The van der Waals surface area contributed by atoms with Crippen molar-refractivity contribution in [2.45, 2.75) is 109 Å². The Morgan fingerprint density at radius 3 is 1.77 bits per heavy atom. The minimum atomic E-state index is -0.409. The van der Waals surface area contributed by atoms with Crippen molar-refractivity contribution in [3.63, 3.8) is 0 Å². The Labute approximate surface area is 138 Å². The van der Waals surface area contributed by atoms with E-state index in [9.17, 15) is 5.11 Å². The third kappa shape index (κ3) is 17.1. The zero-order valence-electron chi connectivity index (χ0n) is 14.6. The predicted octanol–water partition coefficient (Wildman–Crippen LogP) is 5.75. The molecule has 1 N–H and O–H groups in total. The van der Waals surface area contributed by atoms with E-state index in [-0.39, 0.29) is 0 Å². The summed E-state index contributed by atoms with van der Waals surface area (Å²) in [6.45, 7) is 2.13. The monoisotopic (exact) mass is 305 g/mol. The molecular weight excluding hydrogens is 270 g/mol. The maximum absolute atomic E-state index is 9.58. The minimum Gasteiger partial charge on any atom is -0.380 e. The summed E-state index contributed by atoms with van der Waals surface area (Å²) in [6, 6.07) is 2.20. The summed E-state index contributed by atoms with van der Waals surface area (Å²) < 4.78 is 0. The second-order valence-electron chi connectivity index (χ2n) is 6.17. The minimum absolute atomic E-state index is 0.409. The molecular formula is C20H35NO. The molecule has 0 fully saturated rings. The third-order valence-electron chi connectivity index (χ3n) is 3.94. The van der Waals surface area contributed by atoms with E-state index in [0.29, 0.717) is 0 Å². The van der Waals surface area contributed by atoms with Gasteiger partial charge in [-0.2, -0.15) is 5.26 Å². The fraction of sp³-hybridized carbons (Fsp3) is 0.850. The molecule has 0 unspecified atom stereocenters. The molecule has 2 nitrogen and oxygen atoms in total. The summed E-state index contributed by atoms with van der Waals surface area (Å²) in [7, 11) is 0. The van der Waals surface area contributed by atoms with Crippen LogP contribution in [0.25, 0.3) is 0 Å². The predicted molar refractivity (Wildman–Crippen MR) is 94.3 cm³/mol. The molecule has 0 rings (SSSR count). The van der Waals surface area contributed by atoms with Crippen molar-refractivity contribution >= 4 is 0 Å². The Morgan fingerprint density at radius 1 is 0.773 bits per heavy atom. The fourth-order valence-electron chi connectivity index (χ4n) is 2.49. The number of nitrogens with zero attached hydrogens (tertiary/aromatic N) is 1. The Kier molecular flexibility index (Phi) is 17.2. The lowest BCUT2D eigenvalue weighted by Gasteiger charge is -2.01. The van der Waals surface area contributed by atoms with Crippen LogP contribution in [0.4, 0.5) is 0 Å². The highest BCUT2D eigenvalue weighted by Gasteiger charge is 1.96. The molecule has 22 heavy (non-hydrogen) atoms. The number of nitriles is 1. The second kappa shape index (κ2) is 18.1. The fourth-order valence-corrected chi connectivity index (χ4v) is 2.49. The Morgan fingerprint density at radius 2 is 1.27 bits per heavy atom. The van der Waals surface area contributed by atoms with Crippen molar-refractivity contribution in [2.75, 3.05) is 0 Å². The summed E-state index contributed by atoms with van der Waals surface area (Å²) in [5.41, 5.74) is 0. The molecule has 126 valence electrons. The SMILES string of the molecule is CCCC[C@@H](O)C#CCCCCCCCCCCCCC#N. The molecule has 0 aliphatic carbocycles. The lowest BCUT2D eigenvalue weighted by Crippen LogP contribution is -2.01. The first-order valence-electron chi connectivity index (χ1n) is 9.34. The first-order chi connectivity index (χ1) is 10.8. The molecule has 0 saturated heterocycles. The van der Waals surface area contributed by atoms with Gasteiger partial charge in [-0.3, -0.25) is 0 Å². The highest BCUT2D eigenvalue weighted by atomic mass is 16.3. The highest BCUT2D eigenvalue weighted by molar-refractivity contribution is 5.04. The van der Waals surface area contributed by atoms with Gasteiger partial charge < -0.3 is 5.11 Å². The second-order valence-corrected chi connectivity index (χ2v) is 6.17. The average Bonchev–Trinajstić information content (AvgIpc) is 2.53. The molecule has 0 bridgehead atoms. The van der Waals surface area contributed by atoms with Gasteiger partial charge in [0, 0.05) is 12.8 Å². The van der Waals surface area contributed by atoms with Gasteiger partial charge in [0.1, 0.15) is 6.10 Å². The van der Waals surface area contributed by atoms with E-state index in [0.717, 1.165) is 38.5 Å². The van der Waals surface area contributed by atoms with Crippen molar-refractivity contribution < 1.29 is 5.11 Å². The van der Waals surface area contributed by atoms with Gasteiger partial charge in [0.15, 0.2) is 0 Å². The summed E-state index contributed by atoms with van der Waals surface area (Å²) in [4.78, 5) is 0. The summed E-state index contributed by atoms with van der Waals surface area (Å²) >= 11 is 0. The van der Waals surface area contributed by atoms with Gasteiger partial charge in [-0.25, -0.2) is 0 Å². The molecule has 0 aliphatic rings. The number of aliphatic hydroxyl groups is 1.